The van der Waals surface area contributed by atoms with Gasteiger partial charge in [0.05, 0.1) is 5.52 Å². The van der Waals surface area contributed by atoms with E-state index in [1.54, 1.807) is 6.07 Å². The quantitative estimate of drug-likeness (QED) is 0.500. The number of pyridine rings is 1. The average Bonchev–Trinajstić information content (AvgIpc) is 2.23. The second-order valence-electron chi connectivity index (χ2n) is 3.15. The molecule has 0 amide bonds. The van der Waals surface area contributed by atoms with Crippen LogP contribution >= 0.6 is 0 Å². The van der Waals surface area contributed by atoms with Crippen LogP contribution in [0.4, 0.5) is 5.69 Å². The number of anilines is 1. The van der Waals surface area contributed by atoms with Gasteiger partial charge in [0.15, 0.2) is 5.75 Å². The van der Waals surface area contributed by atoms with Crippen molar-refractivity contribution in [1.82, 2.24) is 4.98 Å². The highest BCUT2D eigenvalue weighted by Gasteiger charge is 2.12. The summed E-state index contributed by atoms with van der Waals surface area (Å²) in [5.74, 6) is -0.807. The fourth-order valence-electron chi connectivity index (χ4n) is 1.44. The lowest BCUT2D eigenvalue weighted by atomic mass is 10.2. The van der Waals surface area contributed by atoms with Gasteiger partial charge in [-0.05, 0) is 18.2 Å². The fraction of sp³-hybridized carbons (Fsp3) is 0. The summed E-state index contributed by atoms with van der Waals surface area (Å²) in [6, 6.07) is 4.58. The van der Waals surface area contributed by atoms with Gasteiger partial charge in [-0.2, -0.15) is 0 Å². The Morgan fingerprint density at radius 1 is 1.44 bits per heavy atom. The fourth-order valence-corrected chi connectivity index (χ4v) is 1.44. The van der Waals surface area contributed by atoms with Gasteiger partial charge in [0.25, 0.3) is 12.0 Å². The number of rotatable bonds is 2. The zero-order chi connectivity index (χ0) is 11.7. The summed E-state index contributed by atoms with van der Waals surface area (Å²) in [5, 5.41) is 10.1. The van der Waals surface area contributed by atoms with Crippen molar-refractivity contribution in [1.29, 1.82) is 0 Å². The summed E-state index contributed by atoms with van der Waals surface area (Å²) in [5.41, 5.74) is 5.66. The van der Waals surface area contributed by atoms with Crippen molar-refractivity contribution in [2.45, 2.75) is 0 Å². The number of benzene rings is 1. The molecular formula is C10H8N2O4. The second-order valence-corrected chi connectivity index (χ2v) is 3.15. The Morgan fingerprint density at radius 2 is 2.19 bits per heavy atom. The van der Waals surface area contributed by atoms with Crippen LogP contribution in [0.3, 0.4) is 0 Å². The number of carbonyl (C=O) groups excluding carboxylic acids is 1. The third kappa shape index (κ3) is 1.46. The van der Waals surface area contributed by atoms with Gasteiger partial charge in [0.2, 0.25) is 5.75 Å². The Bertz CT molecular complexity index is 618. The molecule has 0 saturated carbocycles. The van der Waals surface area contributed by atoms with E-state index in [9.17, 15) is 14.7 Å². The number of aromatic amines is 1. The van der Waals surface area contributed by atoms with Crippen molar-refractivity contribution < 1.29 is 14.6 Å². The summed E-state index contributed by atoms with van der Waals surface area (Å²) in [6.07, 6.45) is 0. The minimum atomic E-state index is -0.692. The maximum atomic E-state index is 11.4. The number of aromatic hydroxyl groups is 1. The van der Waals surface area contributed by atoms with Crippen molar-refractivity contribution in [3.05, 3.63) is 28.6 Å². The van der Waals surface area contributed by atoms with E-state index >= 15 is 0 Å². The Balaban J connectivity index is 2.83. The molecule has 0 spiro atoms. The monoisotopic (exact) mass is 220 g/mol. The Morgan fingerprint density at radius 3 is 2.88 bits per heavy atom. The predicted octanol–water partition coefficient (Wildman–Crippen LogP) is 0.351. The summed E-state index contributed by atoms with van der Waals surface area (Å²) in [4.78, 5) is 24.0. The number of ether oxygens (including phenoxy) is 1. The average molecular weight is 220 g/mol. The highest BCUT2D eigenvalue weighted by molar-refractivity contribution is 5.89. The molecule has 2 rings (SSSR count). The van der Waals surface area contributed by atoms with Crippen molar-refractivity contribution >= 4 is 23.1 Å². The van der Waals surface area contributed by atoms with Gasteiger partial charge in [-0.3, -0.25) is 9.59 Å². The number of nitrogens with two attached hydrogens (primary N) is 1. The molecular weight excluding hydrogens is 212 g/mol. The molecule has 2 aromatic rings. The van der Waals surface area contributed by atoms with Crippen LogP contribution in [-0.4, -0.2) is 16.6 Å². The molecule has 0 radical (unpaired) electrons. The van der Waals surface area contributed by atoms with Crippen LogP contribution in [0.25, 0.3) is 10.9 Å². The van der Waals surface area contributed by atoms with E-state index in [0.29, 0.717) is 16.6 Å². The van der Waals surface area contributed by atoms with Crippen molar-refractivity contribution in [2.24, 2.45) is 0 Å². The lowest BCUT2D eigenvalue weighted by molar-refractivity contribution is -0.120. The van der Waals surface area contributed by atoms with Crippen molar-refractivity contribution in [3.8, 4) is 11.5 Å². The Labute approximate surface area is 89.3 Å². The smallest absolute Gasteiger partial charge is 0.298 e. The van der Waals surface area contributed by atoms with E-state index in [1.165, 1.54) is 12.1 Å². The molecule has 1 heterocycles. The van der Waals surface area contributed by atoms with Crippen LogP contribution < -0.4 is 16.0 Å². The van der Waals surface area contributed by atoms with Crippen LogP contribution in [-0.2, 0) is 4.79 Å². The lowest BCUT2D eigenvalue weighted by Gasteiger charge is -2.05. The molecule has 4 N–H and O–H groups in total. The van der Waals surface area contributed by atoms with Crippen LogP contribution in [0.1, 0.15) is 0 Å². The van der Waals surface area contributed by atoms with Gasteiger partial charge in [-0.25, -0.2) is 0 Å². The molecule has 0 saturated heterocycles. The summed E-state index contributed by atoms with van der Waals surface area (Å²) >= 11 is 0. The third-order valence-electron chi connectivity index (χ3n) is 2.13. The van der Waals surface area contributed by atoms with Gasteiger partial charge in [-0.15, -0.1) is 0 Å². The minimum Gasteiger partial charge on any atom is -0.504 e. The number of nitrogen functional groups attached to an aromatic ring is 1. The number of H-pyrrole nitrogens is 1. The van der Waals surface area contributed by atoms with E-state index in [2.05, 4.69) is 9.72 Å². The zero-order valence-electron chi connectivity index (χ0n) is 8.06. The molecule has 0 fully saturated rings. The van der Waals surface area contributed by atoms with Crippen LogP contribution in [0, 0.1) is 0 Å². The molecule has 0 bridgehead atoms. The second kappa shape index (κ2) is 3.58. The standard InChI is InChI=1S/C10H8N2O4/c11-5-1-2-6-7(3-5)12-10(15)9(8(6)14)16-4-13/h1-4H,11H2,(H2,12,14,15). The van der Waals surface area contributed by atoms with E-state index in [4.69, 9.17) is 5.73 Å². The summed E-state index contributed by atoms with van der Waals surface area (Å²) in [7, 11) is 0. The molecule has 6 heteroatoms. The molecule has 1 aromatic carbocycles. The van der Waals surface area contributed by atoms with Crippen LogP contribution in [0.5, 0.6) is 11.5 Å². The number of nitrogens with one attached hydrogen (secondary N) is 1. The molecule has 0 atom stereocenters. The van der Waals surface area contributed by atoms with Crippen molar-refractivity contribution in [3.63, 3.8) is 0 Å². The van der Waals surface area contributed by atoms with Gasteiger partial charge >= 0.3 is 0 Å². The molecule has 0 aliphatic heterocycles. The predicted molar refractivity (Wildman–Crippen MR) is 57.3 cm³/mol. The number of aromatic nitrogens is 1. The number of hydrogen-bond donors (Lipinski definition) is 3. The molecule has 0 aliphatic carbocycles. The first-order chi connectivity index (χ1) is 7.63. The van der Waals surface area contributed by atoms with Gasteiger partial charge in [0.1, 0.15) is 0 Å². The number of carbonyl (C=O) groups is 1. The maximum Gasteiger partial charge on any atom is 0.298 e. The first-order valence-corrected chi connectivity index (χ1v) is 4.38. The van der Waals surface area contributed by atoms with Crippen LogP contribution in [0.15, 0.2) is 23.0 Å². The minimum absolute atomic E-state index is 0.0768. The van der Waals surface area contributed by atoms with E-state index in [-0.39, 0.29) is 12.2 Å². The Hall–Kier alpha value is -2.50. The Kier molecular flexibility index (Phi) is 2.24. The number of fused-ring (bicyclic) bond motifs is 1. The zero-order valence-corrected chi connectivity index (χ0v) is 8.06. The molecule has 0 aliphatic rings. The highest BCUT2D eigenvalue weighted by atomic mass is 16.5. The normalized spacial score (nSPS) is 10.2. The topological polar surface area (TPSA) is 105 Å². The summed E-state index contributed by atoms with van der Waals surface area (Å²) in [6.45, 7) is 0.0768. The highest BCUT2D eigenvalue weighted by Crippen LogP contribution is 2.30. The summed E-state index contributed by atoms with van der Waals surface area (Å²) < 4.78 is 4.40. The van der Waals surface area contributed by atoms with Gasteiger partial charge < -0.3 is 20.6 Å². The first-order valence-electron chi connectivity index (χ1n) is 4.38. The van der Waals surface area contributed by atoms with E-state index in [0.717, 1.165) is 0 Å². The van der Waals surface area contributed by atoms with Crippen LogP contribution in [0.2, 0.25) is 0 Å². The van der Waals surface area contributed by atoms with Gasteiger partial charge in [0, 0.05) is 11.1 Å². The molecule has 1 aromatic heterocycles. The van der Waals surface area contributed by atoms with Crippen molar-refractivity contribution in [2.75, 3.05) is 5.73 Å². The molecule has 6 nitrogen and oxygen atoms in total. The molecule has 82 valence electrons. The van der Waals surface area contributed by atoms with E-state index in [1.807, 2.05) is 0 Å². The lowest BCUT2D eigenvalue weighted by Crippen LogP contribution is -2.10. The van der Waals surface area contributed by atoms with E-state index < -0.39 is 11.3 Å². The molecule has 0 unspecified atom stereocenters. The third-order valence-corrected chi connectivity index (χ3v) is 2.13. The SMILES string of the molecule is Nc1ccc2c(O)c(OC=O)c(=O)[nH]c2c1. The largest absolute Gasteiger partial charge is 0.504 e. The maximum absolute atomic E-state index is 11.4. The first kappa shape index (κ1) is 10.0. The molecule has 16 heavy (non-hydrogen) atoms. The number of hydrogen-bond acceptors (Lipinski definition) is 5. The van der Waals surface area contributed by atoms with Gasteiger partial charge in [-0.1, -0.05) is 0 Å².